The Kier molecular flexibility index (Phi) is 3.48. The lowest BCUT2D eigenvalue weighted by molar-refractivity contribution is 0.0472. The SMILES string of the molecule is O=C(OCc1ccc2c(c1)OCO2)c1ccc(Cl)cc1. The molecule has 0 spiro atoms. The second-order valence-electron chi connectivity index (χ2n) is 4.27. The van der Waals surface area contributed by atoms with Crippen LogP contribution in [0.25, 0.3) is 0 Å². The molecule has 4 nitrogen and oxygen atoms in total. The first-order valence-corrected chi connectivity index (χ1v) is 6.41. The number of esters is 1. The van der Waals surface area contributed by atoms with Crippen LogP contribution in [0.1, 0.15) is 15.9 Å². The molecule has 2 aromatic carbocycles. The van der Waals surface area contributed by atoms with E-state index in [0.29, 0.717) is 22.1 Å². The van der Waals surface area contributed by atoms with E-state index in [0.717, 1.165) is 5.56 Å². The zero-order chi connectivity index (χ0) is 13.9. The van der Waals surface area contributed by atoms with Crippen LogP contribution < -0.4 is 9.47 Å². The lowest BCUT2D eigenvalue weighted by atomic mass is 10.2. The second kappa shape index (κ2) is 5.43. The Morgan fingerprint density at radius 1 is 1.10 bits per heavy atom. The quantitative estimate of drug-likeness (QED) is 0.813. The molecule has 1 aliphatic heterocycles. The van der Waals surface area contributed by atoms with Gasteiger partial charge in [0.25, 0.3) is 0 Å². The summed E-state index contributed by atoms with van der Waals surface area (Å²) in [4.78, 5) is 11.8. The lowest BCUT2D eigenvalue weighted by Crippen LogP contribution is -2.04. The summed E-state index contributed by atoms with van der Waals surface area (Å²) in [7, 11) is 0. The zero-order valence-electron chi connectivity index (χ0n) is 10.5. The predicted molar refractivity (Wildman–Crippen MR) is 73.1 cm³/mol. The minimum atomic E-state index is -0.390. The Morgan fingerprint density at radius 3 is 2.65 bits per heavy atom. The Hall–Kier alpha value is -2.20. The number of rotatable bonds is 3. The van der Waals surface area contributed by atoms with E-state index >= 15 is 0 Å². The third kappa shape index (κ3) is 2.70. The Bertz CT molecular complexity index is 637. The molecule has 0 fully saturated rings. The van der Waals surface area contributed by atoms with Crippen molar-refractivity contribution in [2.45, 2.75) is 6.61 Å². The maximum absolute atomic E-state index is 11.8. The third-order valence-corrected chi connectivity index (χ3v) is 3.14. The van der Waals surface area contributed by atoms with Gasteiger partial charge in [-0.05, 0) is 42.0 Å². The van der Waals surface area contributed by atoms with Gasteiger partial charge in [-0.15, -0.1) is 0 Å². The summed E-state index contributed by atoms with van der Waals surface area (Å²) in [6.07, 6.45) is 0. The van der Waals surface area contributed by atoms with Gasteiger partial charge in [-0.25, -0.2) is 4.79 Å². The summed E-state index contributed by atoms with van der Waals surface area (Å²) in [6, 6.07) is 12.0. The van der Waals surface area contributed by atoms with E-state index in [2.05, 4.69) is 0 Å². The minimum Gasteiger partial charge on any atom is -0.457 e. The first-order valence-electron chi connectivity index (χ1n) is 6.03. The molecule has 3 rings (SSSR count). The molecule has 0 saturated heterocycles. The van der Waals surface area contributed by atoms with Crippen molar-refractivity contribution >= 4 is 17.6 Å². The molecule has 0 atom stereocenters. The van der Waals surface area contributed by atoms with Gasteiger partial charge < -0.3 is 14.2 Å². The van der Waals surface area contributed by atoms with Gasteiger partial charge in [-0.2, -0.15) is 0 Å². The van der Waals surface area contributed by atoms with Gasteiger partial charge in [0, 0.05) is 5.02 Å². The number of carbonyl (C=O) groups excluding carboxylic acids is 1. The molecule has 0 bridgehead atoms. The number of fused-ring (bicyclic) bond motifs is 1. The lowest BCUT2D eigenvalue weighted by Gasteiger charge is -2.06. The maximum atomic E-state index is 11.8. The zero-order valence-corrected chi connectivity index (χ0v) is 11.2. The summed E-state index contributed by atoms with van der Waals surface area (Å²) < 4.78 is 15.7. The molecule has 0 radical (unpaired) electrons. The van der Waals surface area contributed by atoms with Crippen LogP contribution in [0, 0.1) is 0 Å². The van der Waals surface area contributed by atoms with Crippen molar-refractivity contribution < 1.29 is 19.0 Å². The van der Waals surface area contributed by atoms with Crippen LogP contribution in [0.15, 0.2) is 42.5 Å². The van der Waals surface area contributed by atoms with Gasteiger partial charge in [-0.3, -0.25) is 0 Å². The van der Waals surface area contributed by atoms with Crippen molar-refractivity contribution in [3.63, 3.8) is 0 Å². The fourth-order valence-corrected chi connectivity index (χ4v) is 1.97. The smallest absolute Gasteiger partial charge is 0.338 e. The average molecular weight is 291 g/mol. The largest absolute Gasteiger partial charge is 0.457 e. The predicted octanol–water partition coefficient (Wildman–Crippen LogP) is 3.43. The summed E-state index contributed by atoms with van der Waals surface area (Å²) in [5.41, 5.74) is 1.31. The molecule has 2 aromatic rings. The Balaban J connectivity index is 1.64. The molecule has 20 heavy (non-hydrogen) atoms. The first kappa shape index (κ1) is 12.8. The van der Waals surface area contributed by atoms with E-state index in [9.17, 15) is 4.79 Å². The van der Waals surface area contributed by atoms with E-state index in [-0.39, 0.29) is 19.4 Å². The highest BCUT2D eigenvalue weighted by molar-refractivity contribution is 6.30. The van der Waals surface area contributed by atoms with E-state index in [1.54, 1.807) is 36.4 Å². The monoisotopic (exact) mass is 290 g/mol. The van der Waals surface area contributed by atoms with E-state index in [1.807, 2.05) is 6.07 Å². The molecule has 1 aliphatic rings. The Morgan fingerprint density at radius 2 is 1.85 bits per heavy atom. The van der Waals surface area contributed by atoms with E-state index in [1.165, 1.54) is 0 Å². The first-order chi connectivity index (χ1) is 9.72. The number of carbonyl (C=O) groups is 1. The highest BCUT2D eigenvalue weighted by Gasteiger charge is 2.14. The van der Waals surface area contributed by atoms with Crippen molar-refractivity contribution in [3.05, 3.63) is 58.6 Å². The normalized spacial score (nSPS) is 12.2. The van der Waals surface area contributed by atoms with Crippen LogP contribution in [-0.2, 0) is 11.3 Å². The maximum Gasteiger partial charge on any atom is 0.338 e. The molecule has 0 unspecified atom stereocenters. The van der Waals surface area contributed by atoms with Gasteiger partial charge in [0.05, 0.1) is 5.56 Å². The number of halogens is 1. The second-order valence-corrected chi connectivity index (χ2v) is 4.71. The summed E-state index contributed by atoms with van der Waals surface area (Å²) in [5, 5.41) is 0.581. The number of hydrogen-bond donors (Lipinski definition) is 0. The molecule has 0 N–H and O–H groups in total. The van der Waals surface area contributed by atoms with Crippen molar-refractivity contribution in [1.29, 1.82) is 0 Å². The van der Waals surface area contributed by atoms with E-state index < -0.39 is 0 Å². The standard InChI is InChI=1S/C15H11ClO4/c16-12-4-2-11(3-5-12)15(17)18-8-10-1-6-13-14(7-10)20-9-19-13/h1-7H,8-9H2. The Labute approximate surface area is 120 Å². The molecular weight excluding hydrogens is 280 g/mol. The van der Waals surface area contributed by atoms with Crippen molar-refractivity contribution in [2.24, 2.45) is 0 Å². The van der Waals surface area contributed by atoms with Crippen molar-refractivity contribution in [1.82, 2.24) is 0 Å². The molecule has 102 valence electrons. The van der Waals surface area contributed by atoms with Crippen LogP contribution >= 0.6 is 11.6 Å². The van der Waals surface area contributed by atoms with Crippen LogP contribution in [0.4, 0.5) is 0 Å². The molecule has 0 saturated carbocycles. The van der Waals surface area contributed by atoms with Crippen LogP contribution in [0.5, 0.6) is 11.5 Å². The summed E-state index contributed by atoms with van der Waals surface area (Å²) in [6.45, 7) is 0.404. The number of ether oxygens (including phenoxy) is 3. The average Bonchev–Trinajstić information content (AvgIpc) is 2.93. The molecule has 0 aromatic heterocycles. The molecule has 0 aliphatic carbocycles. The third-order valence-electron chi connectivity index (χ3n) is 2.89. The molecule has 0 amide bonds. The fraction of sp³-hybridized carbons (Fsp3) is 0.133. The van der Waals surface area contributed by atoms with Gasteiger partial charge in [0.15, 0.2) is 11.5 Å². The summed E-state index contributed by atoms with van der Waals surface area (Å²) >= 11 is 5.77. The van der Waals surface area contributed by atoms with Crippen LogP contribution in [0.2, 0.25) is 5.02 Å². The van der Waals surface area contributed by atoms with Crippen molar-refractivity contribution in [2.75, 3.05) is 6.79 Å². The van der Waals surface area contributed by atoms with Gasteiger partial charge in [-0.1, -0.05) is 17.7 Å². The summed E-state index contributed by atoms with van der Waals surface area (Å²) in [5.74, 6) is 0.988. The van der Waals surface area contributed by atoms with Gasteiger partial charge in [0.1, 0.15) is 6.61 Å². The number of hydrogen-bond acceptors (Lipinski definition) is 4. The minimum absolute atomic E-state index is 0.179. The molecule has 1 heterocycles. The van der Waals surface area contributed by atoms with Gasteiger partial charge in [0.2, 0.25) is 6.79 Å². The molecular formula is C15H11ClO4. The van der Waals surface area contributed by atoms with Crippen LogP contribution in [-0.4, -0.2) is 12.8 Å². The van der Waals surface area contributed by atoms with Crippen molar-refractivity contribution in [3.8, 4) is 11.5 Å². The van der Waals surface area contributed by atoms with Gasteiger partial charge >= 0.3 is 5.97 Å². The van der Waals surface area contributed by atoms with Crippen LogP contribution in [0.3, 0.4) is 0 Å². The van der Waals surface area contributed by atoms with E-state index in [4.69, 9.17) is 25.8 Å². The highest BCUT2D eigenvalue weighted by Crippen LogP contribution is 2.32. The highest BCUT2D eigenvalue weighted by atomic mass is 35.5. The number of benzene rings is 2. The molecule has 5 heteroatoms. The fourth-order valence-electron chi connectivity index (χ4n) is 1.85. The topological polar surface area (TPSA) is 44.8 Å².